The molecule has 2 rings (SSSR count). The molecule has 0 amide bonds. The Morgan fingerprint density at radius 2 is 1.48 bits per heavy atom. The fourth-order valence-corrected chi connectivity index (χ4v) is 2.94. The van der Waals surface area contributed by atoms with Crippen molar-refractivity contribution < 1.29 is 0 Å². The van der Waals surface area contributed by atoms with Crippen molar-refractivity contribution in [2.24, 2.45) is 4.99 Å². The third kappa shape index (κ3) is 4.79. The molecule has 1 nitrogen and oxygen atoms in total. The average molecular weight is 332 g/mol. The molecule has 0 fully saturated rings. The zero-order valence-corrected chi connectivity index (χ0v) is 16.3. The summed E-state index contributed by atoms with van der Waals surface area (Å²) < 4.78 is 0. The molecule has 0 heterocycles. The van der Waals surface area contributed by atoms with Crippen LogP contribution < -0.4 is 0 Å². The Bertz CT molecular complexity index is 819. The molecule has 0 spiro atoms. The van der Waals surface area contributed by atoms with Crippen LogP contribution >= 0.6 is 0 Å². The Hall–Kier alpha value is -2.41. The molecule has 0 N–H and O–H groups in total. The molecule has 0 aliphatic heterocycles. The van der Waals surface area contributed by atoms with Crippen molar-refractivity contribution in [1.82, 2.24) is 0 Å². The quantitative estimate of drug-likeness (QED) is 0.418. The molecule has 0 radical (unpaired) electrons. The van der Waals surface area contributed by atoms with Crippen LogP contribution in [0.1, 0.15) is 44.4 Å². The van der Waals surface area contributed by atoms with E-state index < -0.39 is 0 Å². The summed E-state index contributed by atoms with van der Waals surface area (Å²) in [5, 5.41) is 0. The summed E-state index contributed by atoms with van der Waals surface area (Å²) in [6, 6.07) is 16.8. The third-order valence-electron chi connectivity index (χ3n) is 4.90. The van der Waals surface area contributed by atoms with Gasteiger partial charge in [-0.2, -0.15) is 0 Å². The first kappa shape index (κ1) is 18.9. The number of benzene rings is 2. The van der Waals surface area contributed by atoms with Gasteiger partial charge < -0.3 is 0 Å². The van der Waals surface area contributed by atoms with Gasteiger partial charge in [0.15, 0.2) is 0 Å². The van der Waals surface area contributed by atoms with Gasteiger partial charge in [0.05, 0.1) is 5.69 Å². The lowest BCUT2D eigenvalue weighted by molar-refractivity contribution is 0.619. The van der Waals surface area contributed by atoms with Gasteiger partial charge in [-0.15, -0.1) is 0 Å². The lowest BCUT2D eigenvalue weighted by Gasteiger charge is -2.28. The summed E-state index contributed by atoms with van der Waals surface area (Å²) in [4.78, 5) is 4.69. The monoisotopic (exact) mass is 331 g/mol. The number of hydrogen-bond donors (Lipinski definition) is 0. The molecule has 0 saturated heterocycles. The number of rotatable bonds is 5. The SMILES string of the molecule is CC(/C=C/C=C(/C)C(C)(C)c1ccccc1C)=Nc1ccccc1C. The van der Waals surface area contributed by atoms with Crippen LogP contribution in [0.2, 0.25) is 0 Å². The maximum absolute atomic E-state index is 4.69. The smallest absolute Gasteiger partial charge is 0.0661 e. The summed E-state index contributed by atoms with van der Waals surface area (Å²) in [5.74, 6) is 0. The van der Waals surface area contributed by atoms with Crippen molar-refractivity contribution in [3.8, 4) is 0 Å². The molecule has 0 aliphatic rings. The molecule has 0 bridgehead atoms. The molecule has 0 unspecified atom stereocenters. The Kier molecular flexibility index (Phi) is 6.14. The van der Waals surface area contributed by atoms with Crippen LogP contribution in [0.25, 0.3) is 0 Å². The van der Waals surface area contributed by atoms with Crippen molar-refractivity contribution in [2.45, 2.75) is 47.0 Å². The highest BCUT2D eigenvalue weighted by Gasteiger charge is 2.23. The van der Waals surface area contributed by atoms with Gasteiger partial charge in [0.25, 0.3) is 0 Å². The van der Waals surface area contributed by atoms with Gasteiger partial charge >= 0.3 is 0 Å². The number of nitrogens with zero attached hydrogens (tertiary/aromatic N) is 1. The zero-order valence-electron chi connectivity index (χ0n) is 16.3. The molecular formula is C24H29N. The summed E-state index contributed by atoms with van der Waals surface area (Å²) in [6.45, 7) is 13.1. The Labute approximate surface area is 152 Å². The fraction of sp³-hybridized carbons (Fsp3) is 0.292. The van der Waals surface area contributed by atoms with Crippen molar-refractivity contribution in [3.05, 3.63) is 89.0 Å². The van der Waals surface area contributed by atoms with Gasteiger partial charge in [0, 0.05) is 11.1 Å². The predicted octanol–water partition coefficient (Wildman–Crippen LogP) is 6.88. The van der Waals surface area contributed by atoms with E-state index in [1.54, 1.807) is 0 Å². The molecule has 1 heteroatoms. The van der Waals surface area contributed by atoms with E-state index in [-0.39, 0.29) is 5.41 Å². The number of para-hydroxylation sites is 1. The zero-order chi connectivity index (χ0) is 18.4. The summed E-state index contributed by atoms with van der Waals surface area (Å²) in [7, 11) is 0. The molecule has 2 aromatic carbocycles. The van der Waals surface area contributed by atoms with E-state index in [9.17, 15) is 0 Å². The first-order valence-electron chi connectivity index (χ1n) is 8.85. The molecular weight excluding hydrogens is 302 g/mol. The van der Waals surface area contributed by atoms with Crippen LogP contribution in [0.4, 0.5) is 5.69 Å². The molecule has 2 aromatic rings. The molecule has 0 aromatic heterocycles. The van der Waals surface area contributed by atoms with Crippen LogP contribution in [0, 0.1) is 13.8 Å². The lowest BCUT2D eigenvalue weighted by Crippen LogP contribution is -2.20. The highest BCUT2D eigenvalue weighted by Crippen LogP contribution is 2.33. The minimum Gasteiger partial charge on any atom is -0.253 e. The summed E-state index contributed by atoms with van der Waals surface area (Å²) >= 11 is 0. The highest BCUT2D eigenvalue weighted by atomic mass is 14.7. The molecule has 0 saturated carbocycles. The number of allylic oxidation sites excluding steroid dienone is 4. The number of hydrogen-bond acceptors (Lipinski definition) is 1. The second-order valence-electron chi connectivity index (χ2n) is 7.19. The minimum absolute atomic E-state index is 0.0107. The van der Waals surface area contributed by atoms with Crippen LogP contribution in [0.5, 0.6) is 0 Å². The maximum atomic E-state index is 4.69. The van der Waals surface area contributed by atoms with Gasteiger partial charge in [-0.25, -0.2) is 0 Å². The Morgan fingerprint density at radius 1 is 0.880 bits per heavy atom. The van der Waals surface area contributed by atoms with E-state index >= 15 is 0 Å². The fourth-order valence-electron chi connectivity index (χ4n) is 2.94. The van der Waals surface area contributed by atoms with E-state index in [0.717, 1.165) is 11.4 Å². The maximum Gasteiger partial charge on any atom is 0.0661 e. The Morgan fingerprint density at radius 3 is 2.12 bits per heavy atom. The van der Waals surface area contributed by atoms with Crippen molar-refractivity contribution in [3.63, 3.8) is 0 Å². The molecule has 0 aliphatic carbocycles. The van der Waals surface area contributed by atoms with Crippen molar-refractivity contribution >= 4 is 11.4 Å². The van der Waals surface area contributed by atoms with E-state index in [4.69, 9.17) is 4.99 Å². The van der Waals surface area contributed by atoms with Gasteiger partial charge in [0.1, 0.15) is 0 Å². The van der Waals surface area contributed by atoms with Gasteiger partial charge in [-0.1, -0.05) is 74.0 Å². The van der Waals surface area contributed by atoms with Crippen LogP contribution in [-0.4, -0.2) is 5.71 Å². The molecule has 130 valence electrons. The first-order chi connectivity index (χ1) is 11.8. The largest absolute Gasteiger partial charge is 0.253 e. The summed E-state index contributed by atoms with van der Waals surface area (Å²) in [6.07, 6.45) is 6.37. The highest BCUT2D eigenvalue weighted by molar-refractivity contribution is 5.95. The van der Waals surface area contributed by atoms with E-state index in [0.29, 0.717) is 0 Å². The number of aliphatic imine (C=N–C) groups is 1. The minimum atomic E-state index is 0.0107. The van der Waals surface area contributed by atoms with Gasteiger partial charge in [0.2, 0.25) is 0 Å². The number of aryl methyl sites for hydroxylation is 2. The second kappa shape index (κ2) is 8.11. The first-order valence-corrected chi connectivity index (χ1v) is 8.85. The van der Waals surface area contributed by atoms with E-state index in [2.05, 4.69) is 89.2 Å². The second-order valence-corrected chi connectivity index (χ2v) is 7.19. The average Bonchev–Trinajstić information content (AvgIpc) is 2.57. The standard InChI is InChI=1S/C24H29N/c1-18-12-7-9-16-22(18)24(5,6)20(3)14-11-15-21(4)25-23-17-10-8-13-19(23)2/h7-17H,1-6H3/b15-11+,20-14-,25-21?. The van der Waals surface area contributed by atoms with Crippen molar-refractivity contribution in [1.29, 1.82) is 0 Å². The van der Waals surface area contributed by atoms with Crippen molar-refractivity contribution in [2.75, 3.05) is 0 Å². The third-order valence-corrected chi connectivity index (χ3v) is 4.90. The predicted molar refractivity (Wildman–Crippen MR) is 111 cm³/mol. The van der Waals surface area contributed by atoms with Crippen LogP contribution in [0.3, 0.4) is 0 Å². The topological polar surface area (TPSA) is 12.4 Å². The van der Waals surface area contributed by atoms with Crippen LogP contribution in [-0.2, 0) is 5.41 Å². The van der Waals surface area contributed by atoms with Crippen LogP contribution in [0.15, 0.2) is 77.3 Å². The van der Waals surface area contributed by atoms with Gasteiger partial charge in [-0.3, -0.25) is 4.99 Å². The molecule has 25 heavy (non-hydrogen) atoms. The van der Waals surface area contributed by atoms with E-state index in [1.807, 2.05) is 19.1 Å². The lowest BCUT2D eigenvalue weighted by atomic mass is 9.76. The normalized spacial score (nSPS) is 13.5. The van der Waals surface area contributed by atoms with E-state index in [1.165, 1.54) is 22.3 Å². The van der Waals surface area contributed by atoms with Gasteiger partial charge in [-0.05, 0) is 56.5 Å². The Balaban J connectivity index is 2.19. The molecule has 0 atom stereocenters. The summed E-state index contributed by atoms with van der Waals surface area (Å²) in [5.41, 5.74) is 7.29.